The third-order valence-electron chi connectivity index (χ3n) is 7.58. The van der Waals surface area contributed by atoms with Crippen LogP contribution in [0.4, 0.5) is 0 Å². The number of nitrogens with zero attached hydrogens (tertiary/aromatic N) is 2. The fraction of sp³-hybridized carbons (Fsp3) is 0.531. The summed E-state index contributed by atoms with van der Waals surface area (Å²) >= 11 is 0. The fourth-order valence-electron chi connectivity index (χ4n) is 5.07. The summed E-state index contributed by atoms with van der Waals surface area (Å²) in [6, 6.07) is 11.5. The van der Waals surface area contributed by atoms with Crippen LogP contribution in [0.15, 0.2) is 36.4 Å². The van der Waals surface area contributed by atoms with E-state index in [1.54, 1.807) is 6.07 Å². The van der Waals surface area contributed by atoms with Crippen LogP contribution in [0.1, 0.15) is 71.6 Å². The number of carbonyl (C=O) groups excluding carboxylic acids is 3. The quantitative estimate of drug-likeness (QED) is 0.177. The number of imide groups is 1. The normalized spacial score (nSPS) is 15.5. The lowest BCUT2D eigenvalue weighted by Crippen LogP contribution is -2.51. The highest BCUT2D eigenvalue weighted by Crippen LogP contribution is 2.25. The zero-order chi connectivity index (χ0) is 28.9. The molecule has 0 spiro atoms. The lowest BCUT2D eigenvalue weighted by molar-refractivity contribution is -0.137. The van der Waals surface area contributed by atoms with Crippen LogP contribution < -0.4 is 10.1 Å². The van der Waals surface area contributed by atoms with Crippen molar-refractivity contribution >= 4 is 18.1 Å². The molecule has 1 N–H and O–H groups in total. The molecule has 1 atom stereocenters. The smallest absolute Gasteiger partial charge is 0.243 e. The standard InChI is InChI=1S/C32H45N3O5/c1-5-35(17-19-39-23-27-13-12-24(2)20-25(27)3)16-7-6-8-18-40-30-11-9-10-26(22-36)28(30)21-34(4)29-14-15-31(37)33-32(29)38/h9-13,20,22,29H,5-8,14-19,21,23H2,1-4H3,(H,33,37,38). The van der Waals surface area contributed by atoms with E-state index in [9.17, 15) is 14.4 Å². The lowest BCUT2D eigenvalue weighted by Gasteiger charge is -2.30. The number of likely N-dealkylation sites (N-methyl/N-ethyl adjacent to an activating group) is 2. The number of aldehydes is 1. The minimum Gasteiger partial charge on any atom is -0.493 e. The SMILES string of the molecule is CCN(CCCCCOc1cccc(C=O)c1CN(C)C1CCC(=O)NC1=O)CCOCc1ccc(C)cc1C. The van der Waals surface area contributed by atoms with Crippen LogP contribution >= 0.6 is 0 Å². The zero-order valence-corrected chi connectivity index (χ0v) is 24.5. The van der Waals surface area contributed by atoms with Crippen LogP contribution in [-0.4, -0.2) is 73.8 Å². The second kappa shape index (κ2) is 16.3. The topological polar surface area (TPSA) is 88.2 Å². The third-order valence-corrected chi connectivity index (χ3v) is 7.58. The van der Waals surface area contributed by atoms with E-state index in [2.05, 4.69) is 49.2 Å². The Morgan fingerprint density at radius 2 is 1.88 bits per heavy atom. The average Bonchev–Trinajstić information content (AvgIpc) is 2.93. The number of unbranched alkanes of at least 4 members (excludes halogenated alkanes) is 2. The molecule has 1 aliphatic heterocycles. The Hall–Kier alpha value is -3.07. The summed E-state index contributed by atoms with van der Waals surface area (Å²) in [7, 11) is 1.83. The molecule has 1 aliphatic rings. The van der Waals surface area contributed by atoms with Crippen LogP contribution in [0.3, 0.4) is 0 Å². The molecule has 40 heavy (non-hydrogen) atoms. The highest BCUT2D eigenvalue weighted by atomic mass is 16.5. The van der Waals surface area contributed by atoms with Gasteiger partial charge in [0.05, 0.1) is 25.9 Å². The molecule has 0 radical (unpaired) electrons. The second-order valence-corrected chi connectivity index (χ2v) is 10.6. The molecule has 1 saturated heterocycles. The van der Waals surface area contributed by atoms with Gasteiger partial charge in [0.15, 0.2) is 6.29 Å². The van der Waals surface area contributed by atoms with Gasteiger partial charge in [0.25, 0.3) is 0 Å². The molecule has 0 aromatic heterocycles. The van der Waals surface area contributed by atoms with Crippen molar-refractivity contribution in [3.05, 3.63) is 64.2 Å². The molecule has 1 unspecified atom stereocenters. The number of hydrogen-bond donors (Lipinski definition) is 1. The maximum absolute atomic E-state index is 12.3. The van der Waals surface area contributed by atoms with Gasteiger partial charge >= 0.3 is 0 Å². The van der Waals surface area contributed by atoms with Gasteiger partial charge in [-0.3, -0.25) is 24.6 Å². The summed E-state index contributed by atoms with van der Waals surface area (Å²) in [5.74, 6) is 0.134. The van der Waals surface area contributed by atoms with E-state index < -0.39 is 6.04 Å². The Kier molecular flexibility index (Phi) is 12.8. The van der Waals surface area contributed by atoms with Gasteiger partial charge in [-0.2, -0.15) is 0 Å². The molecular weight excluding hydrogens is 506 g/mol. The molecule has 218 valence electrons. The first-order valence-electron chi connectivity index (χ1n) is 14.4. The molecule has 0 bridgehead atoms. The molecule has 1 heterocycles. The van der Waals surface area contributed by atoms with Crippen LogP contribution in [0.5, 0.6) is 5.75 Å². The molecule has 2 aromatic rings. The van der Waals surface area contributed by atoms with Gasteiger partial charge in [0, 0.05) is 30.6 Å². The molecule has 8 nitrogen and oxygen atoms in total. The fourth-order valence-corrected chi connectivity index (χ4v) is 5.07. The van der Waals surface area contributed by atoms with Crippen molar-refractivity contribution in [1.82, 2.24) is 15.1 Å². The first-order valence-corrected chi connectivity index (χ1v) is 14.4. The minimum atomic E-state index is -0.413. The summed E-state index contributed by atoms with van der Waals surface area (Å²) in [6.07, 6.45) is 4.63. The Bertz CT molecular complexity index is 1140. The zero-order valence-electron chi connectivity index (χ0n) is 24.5. The summed E-state index contributed by atoms with van der Waals surface area (Å²) in [5.41, 5.74) is 5.12. The van der Waals surface area contributed by atoms with Crippen molar-refractivity contribution in [3.63, 3.8) is 0 Å². The number of benzene rings is 2. The molecule has 2 aromatic carbocycles. The number of nitrogens with one attached hydrogen (secondary N) is 1. The van der Waals surface area contributed by atoms with Crippen molar-refractivity contribution in [2.75, 3.05) is 39.9 Å². The van der Waals surface area contributed by atoms with Gasteiger partial charge in [-0.1, -0.05) is 42.8 Å². The van der Waals surface area contributed by atoms with Crippen molar-refractivity contribution < 1.29 is 23.9 Å². The number of carbonyl (C=O) groups is 3. The predicted molar refractivity (Wildman–Crippen MR) is 157 cm³/mol. The molecule has 2 amide bonds. The second-order valence-electron chi connectivity index (χ2n) is 10.6. The van der Waals surface area contributed by atoms with Crippen LogP contribution in [0, 0.1) is 13.8 Å². The lowest BCUT2D eigenvalue weighted by atomic mass is 10.0. The molecule has 0 saturated carbocycles. The van der Waals surface area contributed by atoms with E-state index in [0.29, 0.717) is 50.5 Å². The van der Waals surface area contributed by atoms with Gasteiger partial charge in [-0.05, 0) is 76.9 Å². The first-order chi connectivity index (χ1) is 19.3. The summed E-state index contributed by atoms with van der Waals surface area (Å²) in [4.78, 5) is 39.8. The summed E-state index contributed by atoms with van der Waals surface area (Å²) in [6.45, 7) is 11.7. The number of piperidine rings is 1. The van der Waals surface area contributed by atoms with Crippen molar-refractivity contribution in [3.8, 4) is 5.75 Å². The number of aryl methyl sites for hydroxylation is 2. The predicted octanol–water partition coefficient (Wildman–Crippen LogP) is 4.44. The number of hydrogen-bond acceptors (Lipinski definition) is 7. The average molecular weight is 552 g/mol. The van der Waals surface area contributed by atoms with Crippen molar-refractivity contribution in [2.45, 2.75) is 72.1 Å². The summed E-state index contributed by atoms with van der Waals surface area (Å²) in [5, 5.41) is 2.40. The number of amides is 2. The van der Waals surface area contributed by atoms with Gasteiger partial charge < -0.3 is 14.4 Å². The Balaban J connectivity index is 1.38. The van der Waals surface area contributed by atoms with Gasteiger partial charge in [-0.25, -0.2) is 0 Å². The Morgan fingerprint density at radius 1 is 1.05 bits per heavy atom. The van der Waals surface area contributed by atoms with Crippen molar-refractivity contribution in [2.24, 2.45) is 0 Å². The maximum atomic E-state index is 12.3. The van der Waals surface area contributed by atoms with Gasteiger partial charge in [0.1, 0.15) is 5.75 Å². The summed E-state index contributed by atoms with van der Waals surface area (Å²) < 4.78 is 12.1. The van der Waals surface area contributed by atoms with E-state index in [1.165, 1.54) is 16.7 Å². The Labute approximate surface area is 239 Å². The Morgan fingerprint density at radius 3 is 2.60 bits per heavy atom. The van der Waals surface area contributed by atoms with Crippen molar-refractivity contribution in [1.29, 1.82) is 0 Å². The van der Waals surface area contributed by atoms with Crippen LogP contribution in [0.25, 0.3) is 0 Å². The van der Waals surface area contributed by atoms with Gasteiger partial charge in [0.2, 0.25) is 11.8 Å². The molecule has 8 heteroatoms. The van der Waals surface area contributed by atoms with E-state index in [1.807, 2.05) is 24.1 Å². The number of ether oxygens (including phenoxy) is 2. The van der Waals surface area contributed by atoms with E-state index in [0.717, 1.165) is 50.7 Å². The monoisotopic (exact) mass is 551 g/mol. The molecular formula is C32H45N3O5. The maximum Gasteiger partial charge on any atom is 0.243 e. The number of rotatable bonds is 17. The molecule has 3 rings (SSSR count). The van der Waals surface area contributed by atoms with E-state index in [-0.39, 0.29) is 11.8 Å². The highest BCUT2D eigenvalue weighted by molar-refractivity contribution is 6.00. The minimum absolute atomic E-state index is 0.240. The molecule has 1 fully saturated rings. The van der Waals surface area contributed by atoms with Crippen LogP contribution in [-0.2, 0) is 27.5 Å². The van der Waals surface area contributed by atoms with E-state index >= 15 is 0 Å². The first kappa shape index (κ1) is 31.5. The van der Waals surface area contributed by atoms with Crippen LogP contribution in [0.2, 0.25) is 0 Å². The molecule has 0 aliphatic carbocycles. The largest absolute Gasteiger partial charge is 0.493 e. The van der Waals surface area contributed by atoms with Gasteiger partial charge in [-0.15, -0.1) is 0 Å². The van der Waals surface area contributed by atoms with E-state index in [4.69, 9.17) is 9.47 Å². The third kappa shape index (κ3) is 9.54. The highest BCUT2D eigenvalue weighted by Gasteiger charge is 2.30.